The Labute approximate surface area is 99.8 Å². The molecule has 0 heterocycles. The van der Waals surface area contributed by atoms with Crippen LogP contribution in [0.4, 0.5) is 13.2 Å². The minimum Gasteiger partial charge on any atom is -0.309 e. The highest BCUT2D eigenvalue weighted by Crippen LogP contribution is 2.30. The monoisotopic (exact) mass is 257 g/mol. The molecule has 1 unspecified atom stereocenters. The van der Waals surface area contributed by atoms with Crippen LogP contribution in [0.5, 0.6) is 0 Å². The third kappa shape index (κ3) is 3.82. The summed E-state index contributed by atoms with van der Waals surface area (Å²) < 4.78 is 37.7. The summed E-state index contributed by atoms with van der Waals surface area (Å²) in [5, 5.41) is 7.25. The van der Waals surface area contributed by atoms with Gasteiger partial charge in [0, 0.05) is 6.21 Å². The van der Waals surface area contributed by atoms with Crippen LogP contribution in [-0.4, -0.2) is 6.21 Å². The first-order valence-electron chi connectivity index (χ1n) is 4.69. The van der Waals surface area contributed by atoms with Crippen molar-refractivity contribution in [1.29, 1.82) is 5.41 Å². The Hall–Kier alpha value is -1.41. The molecule has 1 aromatic rings. The van der Waals surface area contributed by atoms with E-state index in [0.717, 1.165) is 18.3 Å². The lowest BCUT2D eigenvalue weighted by Gasteiger charge is -2.10. The van der Waals surface area contributed by atoms with Crippen molar-refractivity contribution in [1.82, 2.24) is 0 Å². The summed E-state index contributed by atoms with van der Waals surface area (Å²) in [4.78, 5) is 0. The molecule has 17 heavy (non-hydrogen) atoms. The highest BCUT2D eigenvalue weighted by Gasteiger charge is 2.30. The summed E-state index contributed by atoms with van der Waals surface area (Å²) in [6.07, 6.45) is -0.426. The SMILES string of the molecule is C=C(/C=C\C=N)c1cc(P)cc(C(F)(F)F)c1. The third-order valence-corrected chi connectivity index (χ3v) is 2.38. The van der Waals surface area contributed by atoms with E-state index in [1.54, 1.807) is 6.07 Å². The van der Waals surface area contributed by atoms with Crippen LogP contribution in [0.3, 0.4) is 0 Å². The van der Waals surface area contributed by atoms with E-state index in [4.69, 9.17) is 5.41 Å². The van der Waals surface area contributed by atoms with Gasteiger partial charge in [-0.15, -0.1) is 9.24 Å². The van der Waals surface area contributed by atoms with Crippen molar-refractivity contribution in [2.24, 2.45) is 0 Å². The molecule has 0 aromatic heterocycles. The van der Waals surface area contributed by atoms with Gasteiger partial charge in [-0.2, -0.15) is 13.2 Å². The minimum atomic E-state index is -4.37. The second-order valence-corrected chi connectivity index (χ2v) is 4.06. The lowest BCUT2D eigenvalue weighted by molar-refractivity contribution is -0.137. The number of hydrogen-bond donors (Lipinski definition) is 1. The summed E-state index contributed by atoms with van der Waals surface area (Å²) in [6.45, 7) is 3.66. The van der Waals surface area contributed by atoms with E-state index >= 15 is 0 Å². The van der Waals surface area contributed by atoms with Crippen LogP contribution < -0.4 is 5.30 Å². The standard InChI is InChI=1S/C12H11F3NP/c1-8(3-2-4-16)9-5-10(12(13,14)15)7-11(17)6-9/h2-7,16H,1,17H2/b3-2-,16-4?. The summed E-state index contributed by atoms with van der Waals surface area (Å²) in [5.41, 5.74) is 0.121. The number of rotatable bonds is 3. The van der Waals surface area contributed by atoms with E-state index in [0.29, 0.717) is 16.4 Å². The van der Waals surface area contributed by atoms with Gasteiger partial charge < -0.3 is 5.41 Å². The van der Waals surface area contributed by atoms with Gasteiger partial charge in [0.25, 0.3) is 0 Å². The number of hydrogen-bond acceptors (Lipinski definition) is 1. The highest BCUT2D eigenvalue weighted by molar-refractivity contribution is 7.27. The van der Waals surface area contributed by atoms with E-state index in [-0.39, 0.29) is 0 Å². The Morgan fingerprint density at radius 1 is 1.29 bits per heavy atom. The van der Waals surface area contributed by atoms with Crippen molar-refractivity contribution >= 4 is 26.3 Å². The Morgan fingerprint density at radius 3 is 2.47 bits per heavy atom. The molecule has 0 saturated carbocycles. The number of halogens is 3. The van der Waals surface area contributed by atoms with E-state index in [2.05, 4.69) is 15.8 Å². The first-order valence-corrected chi connectivity index (χ1v) is 5.26. The van der Waals surface area contributed by atoms with Crippen LogP contribution in [0.15, 0.2) is 36.9 Å². The van der Waals surface area contributed by atoms with Crippen LogP contribution in [0.2, 0.25) is 0 Å². The first kappa shape index (κ1) is 13.7. The summed E-state index contributed by atoms with van der Waals surface area (Å²) >= 11 is 0. The fourth-order valence-corrected chi connectivity index (χ4v) is 1.62. The molecule has 90 valence electrons. The van der Waals surface area contributed by atoms with E-state index < -0.39 is 11.7 Å². The predicted octanol–water partition coefficient (Wildman–Crippen LogP) is 3.42. The van der Waals surface area contributed by atoms with Crippen molar-refractivity contribution in [3.63, 3.8) is 0 Å². The zero-order valence-electron chi connectivity index (χ0n) is 8.88. The summed E-state index contributed by atoms with van der Waals surface area (Å²) in [6, 6.07) is 3.70. The van der Waals surface area contributed by atoms with Gasteiger partial charge in [0.05, 0.1) is 5.56 Å². The van der Waals surface area contributed by atoms with Crippen molar-refractivity contribution in [2.75, 3.05) is 0 Å². The van der Waals surface area contributed by atoms with Crippen LogP contribution >= 0.6 is 9.24 Å². The van der Waals surface area contributed by atoms with E-state index in [9.17, 15) is 13.2 Å². The summed E-state index contributed by atoms with van der Waals surface area (Å²) in [5.74, 6) is 0. The quantitative estimate of drug-likeness (QED) is 0.487. The number of benzene rings is 1. The number of nitrogens with one attached hydrogen (secondary N) is 1. The molecule has 1 N–H and O–H groups in total. The predicted molar refractivity (Wildman–Crippen MR) is 67.7 cm³/mol. The van der Waals surface area contributed by atoms with Crippen LogP contribution in [0.1, 0.15) is 11.1 Å². The molecule has 1 rings (SSSR count). The third-order valence-electron chi connectivity index (χ3n) is 2.05. The lowest BCUT2D eigenvalue weighted by atomic mass is 10.0. The molecule has 0 spiro atoms. The number of allylic oxidation sites excluding steroid dienone is 3. The first-order chi connectivity index (χ1) is 7.84. The highest BCUT2D eigenvalue weighted by atomic mass is 31.0. The van der Waals surface area contributed by atoms with Gasteiger partial charge in [0.1, 0.15) is 0 Å². The zero-order valence-corrected chi connectivity index (χ0v) is 10.0. The summed E-state index contributed by atoms with van der Waals surface area (Å²) in [7, 11) is 2.24. The normalized spacial score (nSPS) is 11.8. The van der Waals surface area contributed by atoms with Gasteiger partial charge in [0.2, 0.25) is 0 Å². The molecule has 0 radical (unpaired) electrons. The van der Waals surface area contributed by atoms with Crippen molar-refractivity contribution < 1.29 is 13.2 Å². The Balaban J connectivity index is 3.18. The Bertz CT molecular complexity index is 475. The molecule has 0 amide bonds. The average Bonchev–Trinajstić information content (AvgIpc) is 2.23. The average molecular weight is 257 g/mol. The molecule has 1 nitrogen and oxygen atoms in total. The van der Waals surface area contributed by atoms with Crippen LogP contribution in [0, 0.1) is 5.41 Å². The van der Waals surface area contributed by atoms with Crippen molar-refractivity contribution in [2.45, 2.75) is 6.18 Å². The molecule has 0 fully saturated rings. The maximum atomic E-state index is 12.6. The lowest BCUT2D eigenvalue weighted by Crippen LogP contribution is -2.09. The Morgan fingerprint density at radius 2 is 1.94 bits per heavy atom. The van der Waals surface area contributed by atoms with Crippen LogP contribution in [-0.2, 0) is 6.18 Å². The molecule has 1 aromatic carbocycles. The molecule has 0 saturated heterocycles. The van der Waals surface area contributed by atoms with Crippen LogP contribution in [0.25, 0.3) is 5.57 Å². The van der Waals surface area contributed by atoms with Gasteiger partial charge in [-0.1, -0.05) is 12.7 Å². The maximum absolute atomic E-state index is 12.6. The molecule has 0 aliphatic heterocycles. The zero-order chi connectivity index (χ0) is 13.1. The molecule has 0 aliphatic rings. The van der Waals surface area contributed by atoms with Gasteiger partial charge >= 0.3 is 6.18 Å². The fraction of sp³-hybridized carbons (Fsp3) is 0.0833. The van der Waals surface area contributed by atoms with Crippen molar-refractivity contribution in [3.05, 3.63) is 48.1 Å². The number of alkyl halides is 3. The minimum absolute atomic E-state index is 0.392. The smallest absolute Gasteiger partial charge is 0.309 e. The molecular formula is C12H11F3NP. The fourth-order valence-electron chi connectivity index (χ4n) is 1.26. The molecular weight excluding hydrogens is 246 g/mol. The molecule has 1 atom stereocenters. The van der Waals surface area contributed by atoms with Gasteiger partial charge in [-0.05, 0) is 40.7 Å². The van der Waals surface area contributed by atoms with E-state index in [1.807, 2.05) is 0 Å². The second-order valence-electron chi connectivity index (χ2n) is 3.39. The largest absolute Gasteiger partial charge is 0.416 e. The molecule has 0 bridgehead atoms. The molecule has 5 heteroatoms. The maximum Gasteiger partial charge on any atom is 0.416 e. The van der Waals surface area contributed by atoms with Gasteiger partial charge in [-0.3, -0.25) is 0 Å². The van der Waals surface area contributed by atoms with Crippen molar-refractivity contribution in [3.8, 4) is 0 Å². The van der Waals surface area contributed by atoms with Gasteiger partial charge in [-0.25, -0.2) is 0 Å². The Kier molecular flexibility index (Phi) is 4.24. The topological polar surface area (TPSA) is 23.9 Å². The molecule has 0 aliphatic carbocycles. The van der Waals surface area contributed by atoms with Gasteiger partial charge in [0.15, 0.2) is 0 Å². The second kappa shape index (κ2) is 5.28. The van der Waals surface area contributed by atoms with E-state index in [1.165, 1.54) is 12.2 Å².